The van der Waals surface area contributed by atoms with Gasteiger partial charge in [-0.3, -0.25) is 9.48 Å². The highest BCUT2D eigenvalue weighted by molar-refractivity contribution is 5.93. The molecule has 0 bridgehead atoms. The van der Waals surface area contributed by atoms with Gasteiger partial charge < -0.3 is 10.1 Å². The maximum atomic E-state index is 12.0. The van der Waals surface area contributed by atoms with Crippen molar-refractivity contribution in [1.82, 2.24) is 25.1 Å². The summed E-state index contributed by atoms with van der Waals surface area (Å²) in [5.41, 5.74) is 1.42. The maximum Gasteiger partial charge on any atom is 0.254 e. The molecular formula is C16H21N5O2. The SMILES string of the molecule is CCn1cc(C(=O)NCc2cnc([C@@H]3CCCCO3)nc2)cn1. The van der Waals surface area contributed by atoms with Gasteiger partial charge in [-0.15, -0.1) is 0 Å². The monoisotopic (exact) mass is 315 g/mol. The van der Waals surface area contributed by atoms with Crippen molar-refractivity contribution in [3.8, 4) is 0 Å². The highest BCUT2D eigenvalue weighted by atomic mass is 16.5. The van der Waals surface area contributed by atoms with Gasteiger partial charge in [0.15, 0.2) is 5.82 Å². The smallest absolute Gasteiger partial charge is 0.254 e. The Morgan fingerprint density at radius 1 is 1.35 bits per heavy atom. The van der Waals surface area contributed by atoms with E-state index in [0.29, 0.717) is 12.1 Å². The fraction of sp³-hybridized carbons (Fsp3) is 0.500. The lowest BCUT2D eigenvalue weighted by Gasteiger charge is -2.21. The average Bonchev–Trinajstić information content (AvgIpc) is 3.10. The van der Waals surface area contributed by atoms with Gasteiger partial charge in [-0.1, -0.05) is 0 Å². The normalized spacial score (nSPS) is 17.9. The molecule has 1 amide bonds. The molecule has 0 aromatic carbocycles. The molecule has 3 heterocycles. The van der Waals surface area contributed by atoms with E-state index in [0.717, 1.165) is 43.8 Å². The number of aryl methyl sites for hydroxylation is 1. The summed E-state index contributed by atoms with van der Waals surface area (Å²) in [6.45, 7) is 3.88. The minimum absolute atomic E-state index is 0.00674. The molecule has 2 aromatic heterocycles. The predicted octanol–water partition coefficient (Wildman–Crippen LogP) is 1.86. The number of nitrogens with zero attached hydrogens (tertiary/aromatic N) is 4. The van der Waals surface area contributed by atoms with Crippen LogP contribution in [0.15, 0.2) is 24.8 Å². The second-order valence-electron chi connectivity index (χ2n) is 5.57. The van der Waals surface area contributed by atoms with Crippen LogP contribution in [0.1, 0.15) is 54.0 Å². The number of hydrogen-bond acceptors (Lipinski definition) is 5. The summed E-state index contributed by atoms with van der Waals surface area (Å²) in [6, 6.07) is 0. The zero-order chi connectivity index (χ0) is 16.1. The lowest BCUT2D eigenvalue weighted by Crippen LogP contribution is -2.23. The molecule has 1 saturated heterocycles. The molecule has 0 aliphatic carbocycles. The fourth-order valence-electron chi connectivity index (χ4n) is 2.50. The van der Waals surface area contributed by atoms with Crippen molar-refractivity contribution in [3.05, 3.63) is 41.7 Å². The Morgan fingerprint density at radius 2 is 2.17 bits per heavy atom. The molecule has 0 saturated carbocycles. The Kier molecular flexibility index (Phi) is 4.97. The predicted molar refractivity (Wildman–Crippen MR) is 83.6 cm³/mol. The topological polar surface area (TPSA) is 81.9 Å². The van der Waals surface area contributed by atoms with E-state index in [1.54, 1.807) is 29.5 Å². The molecule has 0 radical (unpaired) electrons. The van der Waals surface area contributed by atoms with E-state index in [4.69, 9.17) is 4.74 Å². The minimum atomic E-state index is -0.149. The fourth-order valence-corrected chi connectivity index (χ4v) is 2.50. The first-order valence-electron chi connectivity index (χ1n) is 7.99. The van der Waals surface area contributed by atoms with Crippen LogP contribution >= 0.6 is 0 Å². The van der Waals surface area contributed by atoms with Gasteiger partial charge in [-0.2, -0.15) is 5.10 Å². The van der Waals surface area contributed by atoms with Gasteiger partial charge in [0.25, 0.3) is 5.91 Å². The molecular weight excluding hydrogens is 294 g/mol. The van der Waals surface area contributed by atoms with Crippen LogP contribution < -0.4 is 5.32 Å². The maximum absolute atomic E-state index is 12.0. The van der Waals surface area contributed by atoms with Crippen LogP contribution in [0.4, 0.5) is 0 Å². The number of carbonyl (C=O) groups excluding carboxylic acids is 1. The Balaban J connectivity index is 1.54. The van der Waals surface area contributed by atoms with Crippen LogP contribution in [-0.2, 0) is 17.8 Å². The Hall–Kier alpha value is -2.28. The van der Waals surface area contributed by atoms with Crippen molar-refractivity contribution in [2.45, 2.75) is 45.4 Å². The molecule has 3 rings (SSSR count). The lowest BCUT2D eigenvalue weighted by molar-refractivity contribution is 0.00940. The number of rotatable bonds is 5. The van der Waals surface area contributed by atoms with E-state index in [2.05, 4.69) is 20.4 Å². The second-order valence-corrected chi connectivity index (χ2v) is 5.57. The van der Waals surface area contributed by atoms with Crippen molar-refractivity contribution in [2.75, 3.05) is 6.61 Å². The van der Waals surface area contributed by atoms with Crippen LogP contribution in [0.25, 0.3) is 0 Å². The molecule has 1 aliphatic heterocycles. The summed E-state index contributed by atoms with van der Waals surface area (Å²) in [5, 5.41) is 6.94. The third-order valence-corrected chi connectivity index (χ3v) is 3.87. The third-order valence-electron chi connectivity index (χ3n) is 3.87. The number of ether oxygens (including phenoxy) is 1. The van der Waals surface area contributed by atoms with E-state index in [9.17, 15) is 4.79 Å². The first kappa shape index (κ1) is 15.6. The third kappa shape index (κ3) is 3.92. The molecule has 0 unspecified atom stereocenters. The first-order valence-corrected chi connectivity index (χ1v) is 7.99. The second kappa shape index (κ2) is 7.32. The highest BCUT2D eigenvalue weighted by Crippen LogP contribution is 2.24. The molecule has 1 fully saturated rings. The number of hydrogen-bond donors (Lipinski definition) is 1. The molecule has 122 valence electrons. The van der Waals surface area contributed by atoms with E-state index in [1.807, 2.05) is 6.92 Å². The Bertz CT molecular complexity index is 647. The van der Waals surface area contributed by atoms with Crippen molar-refractivity contribution in [2.24, 2.45) is 0 Å². The first-order chi connectivity index (χ1) is 11.3. The van der Waals surface area contributed by atoms with Crippen LogP contribution in [0.2, 0.25) is 0 Å². The van der Waals surface area contributed by atoms with Gasteiger partial charge in [0.1, 0.15) is 6.10 Å². The van der Waals surface area contributed by atoms with Crippen molar-refractivity contribution < 1.29 is 9.53 Å². The number of aromatic nitrogens is 4. The molecule has 7 heteroatoms. The van der Waals surface area contributed by atoms with E-state index >= 15 is 0 Å². The zero-order valence-electron chi connectivity index (χ0n) is 13.2. The van der Waals surface area contributed by atoms with Crippen LogP contribution in [-0.4, -0.2) is 32.3 Å². The average molecular weight is 315 g/mol. The van der Waals surface area contributed by atoms with Gasteiger partial charge in [0.05, 0.1) is 11.8 Å². The molecule has 2 aromatic rings. The van der Waals surface area contributed by atoms with Gasteiger partial charge in [0, 0.05) is 43.9 Å². The lowest BCUT2D eigenvalue weighted by atomic mass is 10.1. The molecule has 1 N–H and O–H groups in total. The summed E-state index contributed by atoms with van der Waals surface area (Å²) in [5.74, 6) is 0.577. The summed E-state index contributed by atoms with van der Waals surface area (Å²) in [6.07, 6.45) is 10.0. The van der Waals surface area contributed by atoms with Crippen LogP contribution in [0.5, 0.6) is 0 Å². The van der Waals surface area contributed by atoms with E-state index in [-0.39, 0.29) is 12.0 Å². The zero-order valence-corrected chi connectivity index (χ0v) is 13.2. The Morgan fingerprint density at radius 3 is 2.83 bits per heavy atom. The highest BCUT2D eigenvalue weighted by Gasteiger charge is 2.18. The molecule has 7 nitrogen and oxygen atoms in total. The van der Waals surface area contributed by atoms with Crippen molar-refractivity contribution in [1.29, 1.82) is 0 Å². The van der Waals surface area contributed by atoms with Crippen LogP contribution in [0.3, 0.4) is 0 Å². The van der Waals surface area contributed by atoms with E-state index in [1.165, 1.54) is 0 Å². The molecule has 1 atom stereocenters. The quantitative estimate of drug-likeness (QED) is 0.911. The largest absolute Gasteiger partial charge is 0.370 e. The summed E-state index contributed by atoms with van der Waals surface area (Å²) in [7, 11) is 0. The van der Waals surface area contributed by atoms with Gasteiger partial charge >= 0.3 is 0 Å². The summed E-state index contributed by atoms with van der Waals surface area (Å²) >= 11 is 0. The Labute approximate surface area is 135 Å². The van der Waals surface area contributed by atoms with E-state index < -0.39 is 0 Å². The van der Waals surface area contributed by atoms with Crippen LogP contribution in [0, 0.1) is 0 Å². The molecule has 1 aliphatic rings. The minimum Gasteiger partial charge on any atom is -0.370 e. The van der Waals surface area contributed by atoms with Crippen molar-refractivity contribution in [3.63, 3.8) is 0 Å². The standard InChI is InChI=1S/C16H21N5O2/c1-2-21-11-13(10-20-21)16(22)19-9-12-7-17-15(18-8-12)14-5-3-4-6-23-14/h7-8,10-11,14H,2-6,9H2,1H3,(H,19,22)/t14-/m0/s1. The van der Waals surface area contributed by atoms with Gasteiger partial charge in [0.2, 0.25) is 0 Å². The number of nitrogens with one attached hydrogen (secondary N) is 1. The number of carbonyl (C=O) groups is 1. The van der Waals surface area contributed by atoms with Gasteiger partial charge in [-0.25, -0.2) is 9.97 Å². The van der Waals surface area contributed by atoms with Crippen molar-refractivity contribution >= 4 is 5.91 Å². The summed E-state index contributed by atoms with van der Waals surface area (Å²) in [4.78, 5) is 20.8. The number of amides is 1. The molecule has 23 heavy (non-hydrogen) atoms. The summed E-state index contributed by atoms with van der Waals surface area (Å²) < 4.78 is 7.39. The molecule has 0 spiro atoms. The van der Waals surface area contributed by atoms with Gasteiger partial charge in [-0.05, 0) is 26.2 Å².